The number of benzene rings is 1. The lowest BCUT2D eigenvalue weighted by atomic mass is 9.84. The molecule has 0 N–H and O–H groups in total. The Hall–Kier alpha value is -1.63. The van der Waals surface area contributed by atoms with Gasteiger partial charge in [0.05, 0.1) is 12.2 Å². The highest BCUT2D eigenvalue weighted by molar-refractivity contribution is 5.37. The summed E-state index contributed by atoms with van der Waals surface area (Å²) in [5, 5.41) is 8.83. The molecule has 2 unspecified atom stereocenters. The molecular formula is C16H18N2O. The molecule has 0 bridgehead atoms. The van der Waals surface area contributed by atoms with E-state index in [2.05, 4.69) is 35.2 Å². The second kappa shape index (κ2) is 5.16. The van der Waals surface area contributed by atoms with Gasteiger partial charge in [0.2, 0.25) is 0 Å². The first-order valence-electron chi connectivity index (χ1n) is 6.76. The summed E-state index contributed by atoms with van der Waals surface area (Å²) in [7, 11) is 1.78. The molecule has 2 aliphatic heterocycles. The molecule has 1 fully saturated rings. The Balaban J connectivity index is 1.97. The second-order valence-electron chi connectivity index (χ2n) is 5.25. The number of hydrogen-bond donors (Lipinski definition) is 0. The quantitative estimate of drug-likeness (QED) is 0.723. The van der Waals surface area contributed by atoms with Crippen molar-refractivity contribution in [2.24, 2.45) is 0 Å². The predicted molar refractivity (Wildman–Crippen MR) is 73.4 cm³/mol. The third-order valence-corrected chi connectivity index (χ3v) is 4.27. The van der Waals surface area contributed by atoms with Crippen LogP contribution in [0.4, 0.5) is 0 Å². The van der Waals surface area contributed by atoms with Gasteiger partial charge in [-0.25, -0.2) is 0 Å². The summed E-state index contributed by atoms with van der Waals surface area (Å²) in [5.41, 5.74) is 3.95. The maximum Gasteiger partial charge on any atom is 0.0951 e. The van der Waals surface area contributed by atoms with Gasteiger partial charge in [0.15, 0.2) is 0 Å². The highest BCUT2D eigenvalue weighted by Gasteiger charge is 2.35. The van der Waals surface area contributed by atoms with Crippen LogP contribution in [-0.2, 0) is 4.74 Å². The number of allylic oxidation sites excluding steroid dienone is 1. The Bertz CT molecular complexity index is 544. The van der Waals surface area contributed by atoms with Crippen LogP contribution in [0.3, 0.4) is 0 Å². The molecule has 0 aliphatic carbocycles. The second-order valence-corrected chi connectivity index (χ2v) is 5.25. The van der Waals surface area contributed by atoms with Gasteiger partial charge in [-0.1, -0.05) is 29.8 Å². The topological polar surface area (TPSA) is 36.3 Å². The number of rotatable bonds is 1. The van der Waals surface area contributed by atoms with E-state index in [-0.39, 0.29) is 6.10 Å². The van der Waals surface area contributed by atoms with Gasteiger partial charge in [-0.3, -0.25) is 4.90 Å². The first kappa shape index (κ1) is 12.4. The number of fused-ring (bicyclic) bond motifs is 3. The molecule has 3 rings (SSSR count). The van der Waals surface area contributed by atoms with Gasteiger partial charge in [0, 0.05) is 32.3 Å². The van der Waals surface area contributed by atoms with Crippen LogP contribution >= 0.6 is 0 Å². The van der Waals surface area contributed by atoms with Crippen LogP contribution < -0.4 is 0 Å². The molecule has 0 saturated carbocycles. The zero-order valence-corrected chi connectivity index (χ0v) is 11.2. The Morgan fingerprint density at radius 2 is 2.16 bits per heavy atom. The van der Waals surface area contributed by atoms with Crippen LogP contribution in [0.15, 0.2) is 35.9 Å². The van der Waals surface area contributed by atoms with Gasteiger partial charge in [-0.15, -0.1) is 0 Å². The fourth-order valence-corrected chi connectivity index (χ4v) is 3.29. The SMILES string of the molecule is COC1CN2CCC(=CC#N)CC2c2ccccc21. The summed E-state index contributed by atoms with van der Waals surface area (Å²) in [6, 6.07) is 11.1. The number of nitriles is 1. The first-order chi connectivity index (χ1) is 9.33. The smallest absolute Gasteiger partial charge is 0.0951 e. The lowest BCUT2D eigenvalue weighted by Crippen LogP contribution is -2.41. The van der Waals surface area contributed by atoms with Crippen molar-refractivity contribution in [3.8, 4) is 6.07 Å². The van der Waals surface area contributed by atoms with Crippen molar-refractivity contribution in [3.63, 3.8) is 0 Å². The third kappa shape index (κ3) is 2.18. The molecule has 2 atom stereocenters. The van der Waals surface area contributed by atoms with Crippen molar-refractivity contribution in [2.45, 2.75) is 25.0 Å². The fourth-order valence-electron chi connectivity index (χ4n) is 3.29. The maximum atomic E-state index is 8.83. The van der Waals surface area contributed by atoms with E-state index >= 15 is 0 Å². The number of nitrogens with zero attached hydrogens (tertiary/aromatic N) is 2. The molecule has 0 radical (unpaired) electrons. The van der Waals surface area contributed by atoms with Crippen LogP contribution in [0, 0.1) is 11.3 Å². The molecule has 3 heteroatoms. The summed E-state index contributed by atoms with van der Waals surface area (Å²) in [6.07, 6.45) is 3.88. The summed E-state index contributed by atoms with van der Waals surface area (Å²) < 4.78 is 5.63. The largest absolute Gasteiger partial charge is 0.375 e. The van der Waals surface area contributed by atoms with Gasteiger partial charge in [0.25, 0.3) is 0 Å². The molecule has 0 aromatic heterocycles. The zero-order chi connectivity index (χ0) is 13.2. The van der Waals surface area contributed by atoms with E-state index in [1.807, 2.05) is 0 Å². The van der Waals surface area contributed by atoms with E-state index in [9.17, 15) is 0 Å². The average molecular weight is 254 g/mol. The first-order valence-corrected chi connectivity index (χ1v) is 6.76. The molecule has 98 valence electrons. The van der Waals surface area contributed by atoms with E-state index < -0.39 is 0 Å². The molecule has 1 aromatic rings. The van der Waals surface area contributed by atoms with Crippen molar-refractivity contribution in [1.82, 2.24) is 4.90 Å². The Morgan fingerprint density at radius 3 is 2.89 bits per heavy atom. The number of methoxy groups -OCH3 is 1. The van der Waals surface area contributed by atoms with E-state index in [0.29, 0.717) is 6.04 Å². The average Bonchev–Trinajstić information content (AvgIpc) is 2.47. The van der Waals surface area contributed by atoms with Crippen LogP contribution in [0.5, 0.6) is 0 Å². The lowest BCUT2D eigenvalue weighted by Gasteiger charge is -2.44. The van der Waals surface area contributed by atoms with Crippen molar-refractivity contribution in [1.29, 1.82) is 5.26 Å². The molecular weight excluding hydrogens is 236 g/mol. The molecule has 0 spiro atoms. The molecule has 0 amide bonds. The van der Waals surface area contributed by atoms with Crippen LogP contribution in [0.1, 0.15) is 36.1 Å². The zero-order valence-electron chi connectivity index (χ0n) is 11.2. The van der Waals surface area contributed by atoms with Crippen LogP contribution in [0.2, 0.25) is 0 Å². The monoisotopic (exact) mass is 254 g/mol. The highest BCUT2D eigenvalue weighted by atomic mass is 16.5. The van der Waals surface area contributed by atoms with Gasteiger partial charge >= 0.3 is 0 Å². The standard InChI is InChI=1S/C16H18N2O/c1-19-16-11-18-9-7-12(6-8-17)10-15(18)13-4-2-3-5-14(13)16/h2-6,15-16H,7,9-11H2,1H3. The van der Waals surface area contributed by atoms with Crippen molar-refractivity contribution in [2.75, 3.05) is 20.2 Å². The van der Waals surface area contributed by atoms with E-state index in [1.54, 1.807) is 13.2 Å². The van der Waals surface area contributed by atoms with E-state index in [4.69, 9.17) is 10.00 Å². The number of hydrogen-bond acceptors (Lipinski definition) is 3. The summed E-state index contributed by atoms with van der Waals surface area (Å²) in [6.45, 7) is 1.98. The molecule has 1 aromatic carbocycles. The van der Waals surface area contributed by atoms with E-state index in [0.717, 1.165) is 25.9 Å². The molecule has 2 heterocycles. The minimum atomic E-state index is 0.175. The van der Waals surface area contributed by atoms with Gasteiger partial charge in [0.1, 0.15) is 0 Å². The van der Waals surface area contributed by atoms with Crippen LogP contribution in [-0.4, -0.2) is 25.1 Å². The van der Waals surface area contributed by atoms with Crippen LogP contribution in [0.25, 0.3) is 0 Å². The van der Waals surface area contributed by atoms with E-state index in [1.165, 1.54) is 16.7 Å². The minimum absolute atomic E-state index is 0.175. The minimum Gasteiger partial charge on any atom is -0.375 e. The van der Waals surface area contributed by atoms with Crippen molar-refractivity contribution >= 4 is 0 Å². The summed E-state index contributed by atoms with van der Waals surface area (Å²) >= 11 is 0. The van der Waals surface area contributed by atoms with Gasteiger partial charge < -0.3 is 4.74 Å². The fraction of sp³-hybridized carbons (Fsp3) is 0.438. The van der Waals surface area contributed by atoms with Crippen molar-refractivity contribution in [3.05, 3.63) is 47.0 Å². The highest BCUT2D eigenvalue weighted by Crippen LogP contribution is 2.42. The molecule has 2 aliphatic rings. The summed E-state index contributed by atoms with van der Waals surface area (Å²) in [5.74, 6) is 0. The summed E-state index contributed by atoms with van der Waals surface area (Å²) in [4.78, 5) is 2.49. The lowest BCUT2D eigenvalue weighted by molar-refractivity contribution is 0.0249. The number of piperidine rings is 1. The normalized spacial score (nSPS) is 28.5. The van der Waals surface area contributed by atoms with Gasteiger partial charge in [-0.05, 0) is 24.0 Å². The van der Waals surface area contributed by atoms with Crippen molar-refractivity contribution < 1.29 is 4.74 Å². The Kier molecular flexibility index (Phi) is 3.37. The Morgan fingerprint density at radius 1 is 1.37 bits per heavy atom. The molecule has 1 saturated heterocycles. The predicted octanol–water partition coefficient (Wildman–Crippen LogP) is 2.97. The molecule has 3 nitrogen and oxygen atoms in total. The number of ether oxygens (including phenoxy) is 1. The molecule has 19 heavy (non-hydrogen) atoms. The Labute approximate surface area is 114 Å². The third-order valence-electron chi connectivity index (χ3n) is 4.27. The van der Waals surface area contributed by atoms with Gasteiger partial charge in [-0.2, -0.15) is 5.26 Å². The maximum absolute atomic E-state index is 8.83.